The van der Waals surface area contributed by atoms with Gasteiger partial charge in [-0.2, -0.15) is 0 Å². The highest BCUT2D eigenvalue weighted by molar-refractivity contribution is 8.00. The number of amides is 1. The minimum atomic E-state index is 0.00672. The molecule has 2 N–H and O–H groups in total. The van der Waals surface area contributed by atoms with E-state index >= 15 is 0 Å². The summed E-state index contributed by atoms with van der Waals surface area (Å²) in [5.74, 6) is 1.63. The summed E-state index contributed by atoms with van der Waals surface area (Å²) >= 11 is 1.69. The molecule has 1 aliphatic carbocycles. The van der Waals surface area contributed by atoms with Crippen LogP contribution in [-0.4, -0.2) is 34.7 Å². The maximum absolute atomic E-state index is 12.5. The van der Waals surface area contributed by atoms with Gasteiger partial charge in [0.2, 0.25) is 5.91 Å². The van der Waals surface area contributed by atoms with Gasteiger partial charge in [-0.15, -0.1) is 11.8 Å². The van der Waals surface area contributed by atoms with E-state index in [4.69, 9.17) is 5.11 Å². The van der Waals surface area contributed by atoms with Crippen molar-refractivity contribution in [2.75, 3.05) is 12.4 Å². The van der Waals surface area contributed by atoms with E-state index in [1.165, 1.54) is 25.7 Å². The van der Waals surface area contributed by atoms with Crippen LogP contribution in [0.15, 0.2) is 0 Å². The Morgan fingerprint density at radius 2 is 1.80 bits per heavy atom. The van der Waals surface area contributed by atoms with E-state index in [1.807, 2.05) is 6.92 Å². The smallest absolute Gasteiger partial charge is 0.233 e. The molecule has 3 nitrogen and oxygen atoms in total. The summed E-state index contributed by atoms with van der Waals surface area (Å²) in [4.78, 5) is 12.5. The Hall–Kier alpha value is -0.220. The molecule has 1 aliphatic rings. The normalized spacial score (nSPS) is 20.4. The summed E-state index contributed by atoms with van der Waals surface area (Å²) in [6.45, 7) is 6.43. The third kappa shape index (κ3) is 6.49. The molecular formula is C16H31NO2S. The topological polar surface area (TPSA) is 49.3 Å². The molecule has 0 spiro atoms. The average molecular weight is 301 g/mol. The van der Waals surface area contributed by atoms with E-state index in [9.17, 15) is 4.79 Å². The summed E-state index contributed by atoms with van der Waals surface area (Å²) in [5.41, 5.74) is 0. The monoisotopic (exact) mass is 301 g/mol. The fraction of sp³-hybridized carbons (Fsp3) is 0.938. The Balaban J connectivity index is 2.46. The van der Waals surface area contributed by atoms with E-state index in [-0.39, 0.29) is 23.7 Å². The number of thioether (sulfide) groups is 1. The predicted molar refractivity (Wildman–Crippen MR) is 87.0 cm³/mol. The molecule has 0 radical (unpaired) electrons. The molecule has 0 heterocycles. The molecule has 118 valence electrons. The molecule has 1 saturated carbocycles. The van der Waals surface area contributed by atoms with Crippen LogP contribution in [0.3, 0.4) is 0 Å². The second-order valence-corrected chi connectivity index (χ2v) is 7.66. The number of nitrogens with one attached hydrogen (secondary N) is 1. The molecule has 0 aromatic carbocycles. The Labute approximate surface area is 128 Å². The van der Waals surface area contributed by atoms with Crippen molar-refractivity contribution in [3.05, 3.63) is 0 Å². The Morgan fingerprint density at radius 3 is 2.30 bits per heavy atom. The van der Waals surface area contributed by atoms with Crippen molar-refractivity contribution in [3.63, 3.8) is 0 Å². The van der Waals surface area contributed by atoms with Gasteiger partial charge in [-0.3, -0.25) is 4.79 Å². The molecule has 4 heteroatoms. The van der Waals surface area contributed by atoms with Crippen LogP contribution >= 0.6 is 11.8 Å². The van der Waals surface area contributed by atoms with Gasteiger partial charge < -0.3 is 10.4 Å². The molecule has 2 atom stereocenters. The fourth-order valence-corrected chi connectivity index (χ4v) is 3.84. The number of rotatable bonds is 7. The van der Waals surface area contributed by atoms with E-state index < -0.39 is 0 Å². The SMILES string of the molecule is CC(CO)CSC(C(=O)NC1CCCCCC1)C(C)C. The van der Waals surface area contributed by atoms with E-state index in [1.54, 1.807) is 11.8 Å². The first kappa shape index (κ1) is 17.8. The van der Waals surface area contributed by atoms with Crippen molar-refractivity contribution in [3.8, 4) is 0 Å². The first-order chi connectivity index (χ1) is 9.54. The molecule has 1 fully saturated rings. The molecule has 0 aliphatic heterocycles. The van der Waals surface area contributed by atoms with Crippen LogP contribution in [0.2, 0.25) is 0 Å². The molecule has 0 aromatic heterocycles. The van der Waals surface area contributed by atoms with E-state index in [0.29, 0.717) is 12.0 Å². The highest BCUT2D eigenvalue weighted by atomic mass is 32.2. The molecule has 1 rings (SSSR count). The van der Waals surface area contributed by atoms with Crippen LogP contribution in [0, 0.1) is 11.8 Å². The summed E-state index contributed by atoms with van der Waals surface area (Å²) in [6.07, 6.45) is 7.37. The van der Waals surface area contributed by atoms with E-state index in [0.717, 1.165) is 18.6 Å². The highest BCUT2D eigenvalue weighted by Crippen LogP contribution is 2.24. The summed E-state index contributed by atoms with van der Waals surface area (Å²) in [6, 6.07) is 0.377. The lowest BCUT2D eigenvalue weighted by molar-refractivity contribution is -0.122. The number of carbonyl (C=O) groups excluding carboxylic acids is 1. The van der Waals surface area contributed by atoms with Gasteiger partial charge in [0.1, 0.15) is 0 Å². The Bertz CT molecular complexity index is 276. The van der Waals surface area contributed by atoms with Crippen LogP contribution in [0.4, 0.5) is 0 Å². The van der Waals surface area contributed by atoms with Crippen molar-refractivity contribution < 1.29 is 9.90 Å². The minimum absolute atomic E-state index is 0.00672. The van der Waals surface area contributed by atoms with Crippen LogP contribution < -0.4 is 5.32 Å². The van der Waals surface area contributed by atoms with Crippen LogP contribution in [-0.2, 0) is 4.79 Å². The van der Waals surface area contributed by atoms with Gasteiger partial charge in [-0.25, -0.2) is 0 Å². The molecule has 0 bridgehead atoms. The van der Waals surface area contributed by atoms with Crippen molar-refractivity contribution in [1.29, 1.82) is 0 Å². The lowest BCUT2D eigenvalue weighted by atomic mass is 10.1. The van der Waals surface area contributed by atoms with Crippen molar-refractivity contribution in [1.82, 2.24) is 5.32 Å². The average Bonchev–Trinajstić information content (AvgIpc) is 2.66. The fourth-order valence-electron chi connectivity index (χ4n) is 2.60. The lowest BCUT2D eigenvalue weighted by Crippen LogP contribution is -2.42. The summed E-state index contributed by atoms with van der Waals surface area (Å²) in [5, 5.41) is 12.4. The summed E-state index contributed by atoms with van der Waals surface area (Å²) in [7, 11) is 0. The number of hydrogen-bond donors (Lipinski definition) is 2. The van der Waals surface area contributed by atoms with Gasteiger partial charge >= 0.3 is 0 Å². The first-order valence-corrected chi connectivity index (χ1v) is 9.12. The van der Waals surface area contributed by atoms with Crippen LogP contribution in [0.1, 0.15) is 59.3 Å². The van der Waals surface area contributed by atoms with Crippen molar-refractivity contribution >= 4 is 17.7 Å². The third-order valence-corrected chi connectivity index (χ3v) is 5.82. The zero-order chi connectivity index (χ0) is 15.0. The molecule has 2 unspecified atom stereocenters. The largest absolute Gasteiger partial charge is 0.396 e. The minimum Gasteiger partial charge on any atom is -0.396 e. The Morgan fingerprint density at radius 1 is 1.20 bits per heavy atom. The number of hydrogen-bond acceptors (Lipinski definition) is 3. The van der Waals surface area contributed by atoms with Crippen LogP contribution in [0.5, 0.6) is 0 Å². The van der Waals surface area contributed by atoms with Gasteiger partial charge in [0.25, 0.3) is 0 Å². The van der Waals surface area contributed by atoms with Gasteiger partial charge in [-0.1, -0.05) is 46.5 Å². The summed E-state index contributed by atoms with van der Waals surface area (Å²) < 4.78 is 0. The van der Waals surface area contributed by atoms with Gasteiger partial charge in [0.15, 0.2) is 0 Å². The van der Waals surface area contributed by atoms with Crippen molar-refractivity contribution in [2.24, 2.45) is 11.8 Å². The number of aliphatic hydroxyl groups is 1. The quantitative estimate of drug-likeness (QED) is 0.710. The maximum atomic E-state index is 12.5. The van der Waals surface area contributed by atoms with Crippen LogP contribution in [0.25, 0.3) is 0 Å². The predicted octanol–water partition coefficient (Wildman–Crippen LogP) is 3.21. The second-order valence-electron chi connectivity index (χ2n) is 6.48. The highest BCUT2D eigenvalue weighted by Gasteiger charge is 2.25. The zero-order valence-electron chi connectivity index (χ0n) is 13.2. The van der Waals surface area contributed by atoms with E-state index in [2.05, 4.69) is 19.2 Å². The Kier molecular flexibility index (Phi) is 8.62. The van der Waals surface area contributed by atoms with Crippen molar-refractivity contribution in [2.45, 2.75) is 70.6 Å². The lowest BCUT2D eigenvalue weighted by Gasteiger charge is -2.24. The number of aliphatic hydroxyl groups excluding tert-OH is 1. The van der Waals surface area contributed by atoms with Gasteiger partial charge in [0.05, 0.1) is 5.25 Å². The molecule has 20 heavy (non-hydrogen) atoms. The molecule has 1 amide bonds. The molecule has 0 saturated heterocycles. The molecular weight excluding hydrogens is 270 g/mol. The number of carbonyl (C=O) groups is 1. The van der Waals surface area contributed by atoms with Gasteiger partial charge in [0, 0.05) is 12.6 Å². The third-order valence-electron chi connectivity index (χ3n) is 3.94. The first-order valence-electron chi connectivity index (χ1n) is 8.07. The zero-order valence-corrected chi connectivity index (χ0v) is 14.0. The second kappa shape index (κ2) is 9.67. The standard InChI is InChI=1S/C16H31NO2S/c1-12(2)15(20-11-13(3)10-18)16(19)17-14-8-6-4-5-7-9-14/h12-15,18H,4-11H2,1-3H3,(H,17,19). The van der Waals surface area contributed by atoms with Gasteiger partial charge in [-0.05, 0) is 30.4 Å². The maximum Gasteiger partial charge on any atom is 0.233 e. The molecule has 0 aromatic rings.